The molecule has 0 aliphatic heterocycles. The van der Waals surface area contributed by atoms with E-state index in [1.807, 2.05) is 37.4 Å². The Balaban J connectivity index is 1.72. The summed E-state index contributed by atoms with van der Waals surface area (Å²) < 4.78 is 0. The first-order valence-electron chi connectivity index (χ1n) is 9.24. The number of pyridine rings is 1. The third-order valence-corrected chi connectivity index (χ3v) is 5.14. The maximum atomic E-state index is 6.07. The van der Waals surface area contributed by atoms with E-state index in [0.717, 1.165) is 38.4 Å². The van der Waals surface area contributed by atoms with Gasteiger partial charge in [0.05, 0.1) is 11.1 Å². The number of hydrogen-bond acceptors (Lipinski definition) is 6. The summed E-state index contributed by atoms with van der Waals surface area (Å²) in [5, 5.41) is 5.21. The smallest absolute Gasteiger partial charge is 0.224 e. The summed E-state index contributed by atoms with van der Waals surface area (Å²) in [4.78, 5) is 17.5. The first-order valence-corrected chi connectivity index (χ1v) is 9.24. The number of rotatable bonds is 2. The van der Waals surface area contributed by atoms with Crippen LogP contribution in [-0.4, -0.2) is 21.2 Å². The van der Waals surface area contributed by atoms with E-state index in [9.17, 15) is 0 Å². The molecule has 29 heavy (non-hydrogen) atoms. The van der Waals surface area contributed by atoms with Gasteiger partial charge in [-0.15, -0.1) is 0 Å². The maximum Gasteiger partial charge on any atom is 0.224 e. The van der Waals surface area contributed by atoms with Crippen LogP contribution in [0.3, 0.4) is 0 Å². The van der Waals surface area contributed by atoms with Gasteiger partial charge in [-0.3, -0.25) is 4.99 Å². The molecular formula is C23H18N6. The molecular weight excluding hydrogens is 360 g/mol. The van der Waals surface area contributed by atoms with Crippen molar-refractivity contribution in [1.82, 2.24) is 15.0 Å². The second-order valence-corrected chi connectivity index (χ2v) is 6.93. The molecule has 0 aliphatic rings. The molecule has 0 atom stereocenters. The fourth-order valence-electron chi connectivity index (χ4n) is 3.70. The van der Waals surface area contributed by atoms with Crippen molar-refractivity contribution in [3.8, 4) is 0 Å². The van der Waals surface area contributed by atoms with Gasteiger partial charge in [0.25, 0.3) is 0 Å². The van der Waals surface area contributed by atoms with Gasteiger partial charge in [-0.1, -0.05) is 48.5 Å². The molecule has 0 aliphatic carbocycles. The first kappa shape index (κ1) is 17.1. The maximum absolute atomic E-state index is 6.07. The SMILES string of the molecule is Cc1c(C=Nc2c3ccccc3cc3ccccc23)cnc2nc(N)nc(N)c12. The molecule has 140 valence electrons. The molecule has 0 saturated carbocycles. The summed E-state index contributed by atoms with van der Waals surface area (Å²) in [5.41, 5.74) is 14.9. The van der Waals surface area contributed by atoms with Crippen LogP contribution in [0.25, 0.3) is 32.6 Å². The number of benzene rings is 3. The average Bonchev–Trinajstić information content (AvgIpc) is 2.72. The monoisotopic (exact) mass is 378 g/mol. The predicted octanol–water partition coefficient (Wildman–Crippen LogP) is 4.55. The standard InChI is InChI=1S/C23H18N6/c1-13-16(12-27-22-19(13)21(24)28-23(25)29-22)11-26-20-17-8-4-2-6-14(17)10-15-7-3-5-9-18(15)20/h2-12H,1H3,(H4,24,25,27,28,29). The van der Waals surface area contributed by atoms with Gasteiger partial charge < -0.3 is 11.5 Å². The van der Waals surface area contributed by atoms with Crippen LogP contribution in [0.5, 0.6) is 0 Å². The lowest BCUT2D eigenvalue weighted by Crippen LogP contribution is -2.04. The zero-order valence-corrected chi connectivity index (χ0v) is 15.8. The van der Waals surface area contributed by atoms with Gasteiger partial charge in [-0.25, -0.2) is 4.98 Å². The third kappa shape index (κ3) is 2.82. The molecule has 0 fully saturated rings. The van der Waals surface area contributed by atoms with Crippen LogP contribution in [0, 0.1) is 6.92 Å². The highest BCUT2D eigenvalue weighted by molar-refractivity contribution is 6.11. The number of nitrogen functional groups attached to an aromatic ring is 2. The van der Waals surface area contributed by atoms with E-state index >= 15 is 0 Å². The second-order valence-electron chi connectivity index (χ2n) is 6.93. The van der Waals surface area contributed by atoms with Crippen LogP contribution in [-0.2, 0) is 0 Å². The molecule has 5 aromatic rings. The number of nitrogens with zero attached hydrogens (tertiary/aromatic N) is 4. The Morgan fingerprint density at radius 2 is 1.55 bits per heavy atom. The Kier molecular flexibility index (Phi) is 3.84. The highest BCUT2D eigenvalue weighted by atomic mass is 15.1. The molecule has 2 heterocycles. The molecule has 2 aromatic heterocycles. The van der Waals surface area contributed by atoms with E-state index < -0.39 is 0 Å². The number of nitrogens with two attached hydrogens (primary N) is 2. The lowest BCUT2D eigenvalue weighted by atomic mass is 10.0. The van der Waals surface area contributed by atoms with E-state index in [0.29, 0.717) is 16.9 Å². The van der Waals surface area contributed by atoms with E-state index in [1.165, 1.54) is 0 Å². The Bertz CT molecular complexity index is 1380. The molecule has 0 radical (unpaired) electrons. The van der Waals surface area contributed by atoms with Crippen LogP contribution in [0.1, 0.15) is 11.1 Å². The second kappa shape index (κ2) is 6.53. The van der Waals surface area contributed by atoms with Crippen molar-refractivity contribution in [2.24, 2.45) is 4.99 Å². The molecule has 3 aromatic carbocycles. The van der Waals surface area contributed by atoms with Crippen molar-refractivity contribution in [3.63, 3.8) is 0 Å². The molecule has 0 spiro atoms. The molecule has 0 amide bonds. The summed E-state index contributed by atoms with van der Waals surface area (Å²) in [6.07, 6.45) is 3.56. The van der Waals surface area contributed by atoms with E-state index in [1.54, 1.807) is 6.20 Å². The van der Waals surface area contributed by atoms with Crippen molar-refractivity contribution in [2.45, 2.75) is 6.92 Å². The molecule has 0 saturated heterocycles. The van der Waals surface area contributed by atoms with Gasteiger partial charge in [-0.2, -0.15) is 9.97 Å². The van der Waals surface area contributed by atoms with E-state index in [2.05, 4.69) is 45.3 Å². The Morgan fingerprint density at radius 1 is 0.897 bits per heavy atom. The lowest BCUT2D eigenvalue weighted by Gasteiger charge is -2.09. The average molecular weight is 378 g/mol. The lowest BCUT2D eigenvalue weighted by molar-refractivity contribution is 1.19. The number of aromatic nitrogens is 3. The molecule has 6 nitrogen and oxygen atoms in total. The van der Waals surface area contributed by atoms with Crippen LogP contribution in [0.4, 0.5) is 17.5 Å². The summed E-state index contributed by atoms with van der Waals surface area (Å²) in [5.74, 6) is 0.439. The van der Waals surface area contributed by atoms with E-state index in [-0.39, 0.29) is 5.95 Å². The number of hydrogen-bond donors (Lipinski definition) is 2. The van der Waals surface area contributed by atoms with Crippen molar-refractivity contribution >= 4 is 56.2 Å². The fourth-order valence-corrected chi connectivity index (χ4v) is 3.70. The third-order valence-electron chi connectivity index (χ3n) is 5.14. The van der Waals surface area contributed by atoms with Gasteiger partial charge in [0.2, 0.25) is 5.95 Å². The minimum atomic E-state index is 0.116. The van der Waals surface area contributed by atoms with Crippen LogP contribution >= 0.6 is 0 Å². The highest BCUT2D eigenvalue weighted by Crippen LogP contribution is 2.35. The van der Waals surface area contributed by atoms with Gasteiger partial charge in [-0.05, 0) is 29.3 Å². The zero-order chi connectivity index (χ0) is 20.0. The summed E-state index contributed by atoms with van der Waals surface area (Å²) in [7, 11) is 0. The largest absolute Gasteiger partial charge is 0.383 e. The minimum Gasteiger partial charge on any atom is -0.383 e. The Hall–Kier alpha value is -4.06. The minimum absolute atomic E-state index is 0.116. The van der Waals surface area contributed by atoms with Gasteiger partial charge in [0.15, 0.2) is 5.65 Å². The normalized spacial score (nSPS) is 11.8. The molecule has 0 unspecified atom stereocenters. The Labute approximate surface area is 166 Å². The molecule has 0 bridgehead atoms. The van der Waals surface area contributed by atoms with Crippen molar-refractivity contribution in [2.75, 3.05) is 11.5 Å². The summed E-state index contributed by atoms with van der Waals surface area (Å²) >= 11 is 0. The molecule has 5 rings (SSSR count). The molecule has 4 N–H and O–H groups in total. The van der Waals surface area contributed by atoms with E-state index in [4.69, 9.17) is 16.5 Å². The Morgan fingerprint density at radius 3 is 2.24 bits per heavy atom. The zero-order valence-electron chi connectivity index (χ0n) is 15.8. The van der Waals surface area contributed by atoms with Crippen molar-refractivity contribution in [3.05, 3.63) is 71.9 Å². The van der Waals surface area contributed by atoms with Crippen molar-refractivity contribution in [1.29, 1.82) is 0 Å². The number of aryl methyl sites for hydroxylation is 1. The van der Waals surface area contributed by atoms with Gasteiger partial charge >= 0.3 is 0 Å². The quantitative estimate of drug-likeness (QED) is 0.346. The predicted molar refractivity (Wildman–Crippen MR) is 120 cm³/mol. The summed E-state index contributed by atoms with van der Waals surface area (Å²) in [6.45, 7) is 1.96. The van der Waals surface area contributed by atoms with Crippen LogP contribution in [0.15, 0.2) is 65.8 Å². The summed E-state index contributed by atoms with van der Waals surface area (Å²) in [6, 6.07) is 18.7. The van der Waals surface area contributed by atoms with Crippen LogP contribution < -0.4 is 11.5 Å². The van der Waals surface area contributed by atoms with Gasteiger partial charge in [0.1, 0.15) is 5.82 Å². The van der Waals surface area contributed by atoms with Crippen LogP contribution in [0.2, 0.25) is 0 Å². The first-order chi connectivity index (χ1) is 14.1. The van der Waals surface area contributed by atoms with Gasteiger partial charge in [0, 0.05) is 28.7 Å². The topological polar surface area (TPSA) is 103 Å². The highest BCUT2D eigenvalue weighted by Gasteiger charge is 2.11. The number of anilines is 2. The number of aliphatic imine (C=N–C) groups is 1. The fraction of sp³-hybridized carbons (Fsp3) is 0.0435. The van der Waals surface area contributed by atoms with Crippen molar-refractivity contribution < 1.29 is 0 Å². The number of fused-ring (bicyclic) bond motifs is 3. The molecule has 6 heteroatoms.